The lowest BCUT2D eigenvalue weighted by molar-refractivity contribution is 0.102. The van der Waals surface area contributed by atoms with Gasteiger partial charge in [-0.2, -0.15) is 10.2 Å². The number of anilines is 1. The first kappa shape index (κ1) is 13.2. The molecule has 0 saturated carbocycles. The van der Waals surface area contributed by atoms with Crippen LogP contribution >= 0.6 is 31.9 Å². The molecule has 0 aromatic carbocycles. The van der Waals surface area contributed by atoms with Crippen molar-refractivity contribution >= 4 is 43.5 Å². The van der Waals surface area contributed by atoms with Crippen LogP contribution in [0.15, 0.2) is 21.5 Å². The molecule has 0 unspecified atom stereocenters. The molecule has 1 amide bonds. The standard InChI is InChI=1S/C9H9Br2N5O2/c1-18-4-16-3-5(2-12-16)13-9(17)7-6(10)8(11)15-14-7/h2-3H,4H2,1H3,(H,13,17)(H,14,15). The summed E-state index contributed by atoms with van der Waals surface area (Å²) in [5, 5.41) is 13.2. The number of carbonyl (C=O) groups excluding carboxylic acids is 1. The highest BCUT2D eigenvalue weighted by Crippen LogP contribution is 2.24. The van der Waals surface area contributed by atoms with Gasteiger partial charge >= 0.3 is 0 Å². The van der Waals surface area contributed by atoms with Crippen LogP contribution in [0.25, 0.3) is 0 Å². The maximum atomic E-state index is 11.9. The van der Waals surface area contributed by atoms with Crippen LogP contribution in [0.4, 0.5) is 5.69 Å². The highest BCUT2D eigenvalue weighted by Gasteiger charge is 2.17. The molecule has 2 rings (SSSR count). The Labute approximate surface area is 119 Å². The molecule has 0 fully saturated rings. The van der Waals surface area contributed by atoms with Gasteiger partial charge in [0.05, 0.1) is 22.6 Å². The third kappa shape index (κ3) is 2.79. The zero-order chi connectivity index (χ0) is 13.1. The van der Waals surface area contributed by atoms with Crippen molar-refractivity contribution in [3.8, 4) is 0 Å². The quantitative estimate of drug-likeness (QED) is 0.851. The molecule has 2 N–H and O–H groups in total. The predicted octanol–water partition coefficient (Wildman–Crippen LogP) is 1.99. The van der Waals surface area contributed by atoms with Crippen LogP contribution in [0.2, 0.25) is 0 Å². The van der Waals surface area contributed by atoms with Gasteiger partial charge in [0.2, 0.25) is 0 Å². The predicted molar refractivity (Wildman–Crippen MR) is 71.2 cm³/mol. The molecule has 18 heavy (non-hydrogen) atoms. The van der Waals surface area contributed by atoms with E-state index >= 15 is 0 Å². The monoisotopic (exact) mass is 377 g/mol. The van der Waals surface area contributed by atoms with Gasteiger partial charge in [-0.25, -0.2) is 4.68 Å². The molecule has 0 aliphatic carbocycles. The SMILES string of the molecule is COCn1cc(NC(=O)c2n[nH]c(Br)c2Br)cn1. The van der Waals surface area contributed by atoms with Gasteiger partial charge < -0.3 is 10.1 Å². The molecule has 0 aliphatic heterocycles. The molecule has 0 bridgehead atoms. The van der Waals surface area contributed by atoms with Crippen LogP contribution in [-0.2, 0) is 11.5 Å². The zero-order valence-electron chi connectivity index (χ0n) is 9.28. The molecule has 2 heterocycles. The molecule has 2 aromatic heterocycles. The van der Waals surface area contributed by atoms with E-state index < -0.39 is 0 Å². The summed E-state index contributed by atoms with van der Waals surface area (Å²) in [5.41, 5.74) is 0.837. The number of aromatic amines is 1. The van der Waals surface area contributed by atoms with E-state index in [-0.39, 0.29) is 11.6 Å². The number of amides is 1. The minimum atomic E-state index is -0.333. The molecular weight excluding hydrogens is 370 g/mol. The summed E-state index contributed by atoms with van der Waals surface area (Å²) in [6, 6.07) is 0. The fourth-order valence-electron chi connectivity index (χ4n) is 1.28. The minimum Gasteiger partial charge on any atom is -0.362 e. The number of hydrogen-bond donors (Lipinski definition) is 2. The number of aromatic nitrogens is 4. The largest absolute Gasteiger partial charge is 0.362 e. The first-order chi connectivity index (χ1) is 8.61. The van der Waals surface area contributed by atoms with E-state index in [0.717, 1.165) is 0 Å². The summed E-state index contributed by atoms with van der Waals surface area (Å²) in [5.74, 6) is -0.333. The topological polar surface area (TPSA) is 84.8 Å². The lowest BCUT2D eigenvalue weighted by Crippen LogP contribution is -2.12. The highest BCUT2D eigenvalue weighted by molar-refractivity contribution is 9.13. The van der Waals surface area contributed by atoms with Gasteiger partial charge in [0.15, 0.2) is 5.69 Å². The van der Waals surface area contributed by atoms with Crippen LogP contribution in [0, 0.1) is 0 Å². The van der Waals surface area contributed by atoms with Gasteiger partial charge in [0.1, 0.15) is 11.3 Å². The maximum absolute atomic E-state index is 11.9. The van der Waals surface area contributed by atoms with Crippen LogP contribution in [-0.4, -0.2) is 33.0 Å². The number of halogens is 2. The summed E-state index contributed by atoms with van der Waals surface area (Å²) in [7, 11) is 1.57. The van der Waals surface area contributed by atoms with E-state index in [0.29, 0.717) is 21.5 Å². The van der Waals surface area contributed by atoms with Crippen LogP contribution in [0.5, 0.6) is 0 Å². The number of ether oxygens (including phenoxy) is 1. The Morgan fingerprint density at radius 2 is 2.39 bits per heavy atom. The van der Waals surface area contributed by atoms with E-state index in [4.69, 9.17) is 4.74 Å². The van der Waals surface area contributed by atoms with Gasteiger partial charge in [-0.3, -0.25) is 9.89 Å². The Balaban J connectivity index is 2.09. The fraction of sp³-hybridized carbons (Fsp3) is 0.222. The summed E-state index contributed by atoms with van der Waals surface area (Å²) in [4.78, 5) is 11.9. The van der Waals surface area contributed by atoms with E-state index in [9.17, 15) is 4.79 Å². The molecule has 0 radical (unpaired) electrons. The second-order valence-corrected chi connectivity index (χ2v) is 4.93. The molecule has 0 aliphatic rings. The Morgan fingerprint density at radius 3 is 3.00 bits per heavy atom. The van der Waals surface area contributed by atoms with Gasteiger partial charge in [0, 0.05) is 7.11 Å². The van der Waals surface area contributed by atoms with Gasteiger partial charge in [-0.15, -0.1) is 0 Å². The molecule has 0 atom stereocenters. The van der Waals surface area contributed by atoms with E-state index in [2.05, 4.69) is 52.5 Å². The number of rotatable bonds is 4. The van der Waals surface area contributed by atoms with Crippen LogP contribution in [0.1, 0.15) is 10.5 Å². The average molecular weight is 379 g/mol. The third-order valence-corrected chi connectivity index (χ3v) is 3.91. The zero-order valence-corrected chi connectivity index (χ0v) is 12.4. The van der Waals surface area contributed by atoms with Crippen molar-refractivity contribution in [1.82, 2.24) is 20.0 Å². The third-order valence-electron chi connectivity index (χ3n) is 2.03. The summed E-state index contributed by atoms with van der Waals surface area (Å²) in [6.07, 6.45) is 3.20. The van der Waals surface area contributed by atoms with Gasteiger partial charge in [-0.05, 0) is 31.9 Å². The number of methoxy groups -OCH3 is 1. The molecule has 9 heteroatoms. The highest BCUT2D eigenvalue weighted by atomic mass is 79.9. The van der Waals surface area contributed by atoms with Crippen molar-refractivity contribution in [2.75, 3.05) is 12.4 Å². The van der Waals surface area contributed by atoms with Crippen molar-refractivity contribution in [2.45, 2.75) is 6.73 Å². The first-order valence-corrected chi connectivity index (χ1v) is 6.42. The second-order valence-electron chi connectivity index (χ2n) is 3.34. The van der Waals surface area contributed by atoms with Crippen molar-refractivity contribution in [3.05, 3.63) is 27.2 Å². The van der Waals surface area contributed by atoms with E-state index in [1.54, 1.807) is 18.0 Å². The van der Waals surface area contributed by atoms with E-state index in [1.165, 1.54) is 6.20 Å². The molecule has 0 spiro atoms. The van der Waals surface area contributed by atoms with Crippen LogP contribution < -0.4 is 5.32 Å². The number of H-pyrrole nitrogens is 1. The number of carbonyl (C=O) groups is 1. The van der Waals surface area contributed by atoms with E-state index in [1.807, 2.05) is 0 Å². The first-order valence-electron chi connectivity index (χ1n) is 4.84. The molecular formula is C9H9Br2N5O2. The lowest BCUT2D eigenvalue weighted by atomic mass is 10.4. The normalized spacial score (nSPS) is 10.6. The average Bonchev–Trinajstić information content (AvgIpc) is 2.89. The Morgan fingerprint density at radius 1 is 1.61 bits per heavy atom. The Hall–Kier alpha value is -1.19. The Bertz CT molecular complexity index is 565. The minimum absolute atomic E-state index is 0.265. The van der Waals surface area contributed by atoms with Gasteiger partial charge in [-0.1, -0.05) is 0 Å². The molecule has 0 saturated heterocycles. The number of nitrogens with zero attached hydrogens (tertiary/aromatic N) is 3. The lowest BCUT2D eigenvalue weighted by Gasteiger charge is -1.99. The number of nitrogens with one attached hydrogen (secondary N) is 2. The molecule has 7 nitrogen and oxygen atoms in total. The Kier molecular flexibility index (Phi) is 4.15. The number of hydrogen-bond acceptors (Lipinski definition) is 4. The summed E-state index contributed by atoms with van der Waals surface area (Å²) in [6.45, 7) is 0.327. The maximum Gasteiger partial charge on any atom is 0.277 e. The van der Waals surface area contributed by atoms with Gasteiger partial charge in [0.25, 0.3) is 5.91 Å². The summed E-state index contributed by atoms with van der Waals surface area (Å²) < 4.78 is 7.66. The van der Waals surface area contributed by atoms with Crippen molar-refractivity contribution in [2.24, 2.45) is 0 Å². The molecule has 2 aromatic rings. The van der Waals surface area contributed by atoms with Crippen molar-refractivity contribution in [1.29, 1.82) is 0 Å². The fourth-order valence-corrected chi connectivity index (χ4v) is 1.91. The van der Waals surface area contributed by atoms with Crippen molar-refractivity contribution < 1.29 is 9.53 Å². The molecule has 96 valence electrons. The van der Waals surface area contributed by atoms with Crippen LogP contribution in [0.3, 0.4) is 0 Å². The van der Waals surface area contributed by atoms with Crippen molar-refractivity contribution in [3.63, 3.8) is 0 Å². The smallest absolute Gasteiger partial charge is 0.277 e. The summed E-state index contributed by atoms with van der Waals surface area (Å²) >= 11 is 6.47. The second kappa shape index (κ2) is 5.63.